The molecule has 0 aromatic rings. The predicted octanol–water partition coefficient (Wildman–Crippen LogP) is 1.55. The molecular weight excluding hydrogens is 200 g/mol. The summed E-state index contributed by atoms with van der Waals surface area (Å²) in [5.74, 6) is 1.03. The van der Waals surface area contributed by atoms with Crippen molar-refractivity contribution in [3.8, 4) is 0 Å². The van der Waals surface area contributed by atoms with Crippen LogP contribution in [-0.4, -0.2) is 36.5 Å². The van der Waals surface area contributed by atoms with E-state index in [1.165, 1.54) is 32.2 Å². The fraction of sp³-hybridized carbons (Fsp3) is 0.769. The smallest absolute Gasteiger partial charge is 0.226 e. The topological polar surface area (TPSA) is 32.3 Å². The molecule has 0 radical (unpaired) electrons. The van der Waals surface area contributed by atoms with Gasteiger partial charge < -0.3 is 10.2 Å². The van der Waals surface area contributed by atoms with E-state index in [0.717, 1.165) is 25.0 Å². The molecule has 3 nitrogen and oxygen atoms in total. The summed E-state index contributed by atoms with van der Waals surface area (Å²) >= 11 is 0. The molecule has 1 unspecified atom stereocenters. The normalized spacial score (nSPS) is 27.0. The van der Waals surface area contributed by atoms with E-state index < -0.39 is 0 Å². The van der Waals surface area contributed by atoms with Gasteiger partial charge in [-0.2, -0.15) is 0 Å². The van der Waals surface area contributed by atoms with Gasteiger partial charge in [0.15, 0.2) is 0 Å². The number of nitrogens with one attached hydrogen (secondary N) is 1. The summed E-state index contributed by atoms with van der Waals surface area (Å²) in [7, 11) is 0. The van der Waals surface area contributed by atoms with E-state index in [-0.39, 0.29) is 5.91 Å². The molecule has 1 amide bonds. The van der Waals surface area contributed by atoms with Crippen LogP contribution in [0.4, 0.5) is 0 Å². The highest BCUT2D eigenvalue weighted by Crippen LogP contribution is 2.25. The SMILES string of the molecule is C=CCC(=O)N1CCC(C2CCCN2)CC1. The maximum absolute atomic E-state index is 11.7. The van der Waals surface area contributed by atoms with E-state index in [1.807, 2.05) is 4.90 Å². The van der Waals surface area contributed by atoms with Crippen molar-refractivity contribution in [1.29, 1.82) is 0 Å². The Morgan fingerprint density at radius 2 is 2.12 bits per heavy atom. The number of amides is 1. The first-order valence-corrected chi connectivity index (χ1v) is 6.43. The highest BCUT2D eigenvalue weighted by Gasteiger charge is 2.29. The molecule has 2 heterocycles. The minimum Gasteiger partial charge on any atom is -0.342 e. The predicted molar refractivity (Wildman–Crippen MR) is 65.1 cm³/mol. The van der Waals surface area contributed by atoms with Crippen LogP contribution in [0.15, 0.2) is 12.7 Å². The lowest BCUT2D eigenvalue weighted by Crippen LogP contribution is -2.43. The second-order valence-corrected chi connectivity index (χ2v) is 4.91. The van der Waals surface area contributed by atoms with E-state index in [9.17, 15) is 4.79 Å². The van der Waals surface area contributed by atoms with Gasteiger partial charge in [-0.15, -0.1) is 6.58 Å². The van der Waals surface area contributed by atoms with Gasteiger partial charge in [0, 0.05) is 25.6 Å². The van der Waals surface area contributed by atoms with Crippen LogP contribution in [0, 0.1) is 5.92 Å². The number of likely N-dealkylation sites (tertiary alicyclic amines) is 1. The number of carbonyl (C=O) groups is 1. The number of hydrogen-bond donors (Lipinski definition) is 1. The Kier molecular flexibility index (Phi) is 3.99. The minimum atomic E-state index is 0.243. The van der Waals surface area contributed by atoms with Crippen LogP contribution in [0.3, 0.4) is 0 Å². The number of hydrogen-bond acceptors (Lipinski definition) is 2. The number of rotatable bonds is 3. The van der Waals surface area contributed by atoms with Gasteiger partial charge in [0.1, 0.15) is 0 Å². The molecule has 0 spiro atoms. The van der Waals surface area contributed by atoms with Gasteiger partial charge in [0.05, 0.1) is 0 Å². The molecule has 0 bridgehead atoms. The average Bonchev–Trinajstić information content (AvgIpc) is 2.83. The molecule has 2 rings (SSSR count). The first-order chi connectivity index (χ1) is 7.81. The Balaban J connectivity index is 1.77. The Labute approximate surface area is 97.9 Å². The lowest BCUT2D eigenvalue weighted by Gasteiger charge is -2.34. The highest BCUT2D eigenvalue weighted by molar-refractivity contribution is 5.77. The van der Waals surface area contributed by atoms with Gasteiger partial charge in [0.25, 0.3) is 0 Å². The summed E-state index contributed by atoms with van der Waals surface area (Å²) in [6.07, 6.45) is 7.17. The maximum Gasteiger partial charge on any atom is 0.226 e. The Hall–Kier alpha value is -0.830. The second kappa shape index (κ2) is 5.48. The summed E-state index contributed by atoms with van der Waals surface area (Å²) in [6.45, 7) is 6.68. The van der Waals surface area contributed by atoms with Gasteiger partial charge >= 0.3 is 0 Å². The van der Waals surface area contributed by atoms with Crippen molar-refractivity contribution in [2.75, 3.05) is 19.6 Å². The van der Waals surface area contributed by atoms with E-state index in [2.05, 4.69) is 11.9 Å². The van der Waals surface area contributed by atoms with Gasteiger partial charge in [-0.05, 0) is 38.1 Å². The number of nitrogens with zero attached hydrogens (tertiary/aromatic N) is 1. The van der Waals surface area contributed by atoms with Crippen LogP contribution in [0.25, 0.3) is 0 Å². The fourth-order valence-corrected chi connectivity index (χ4v) is 2.92. The van der Waals surface area contributed by atoms with Crippen molar-refractivity contribution in [1.82, 2.24) is 10.2 Å². The van der Waals surface area contributed by atoms with Crippen molar-refractivity contribution in [3.05, 3.63) is 12.7 Å². The molecule has 0 saturated carbocycles. The van der Waals surface area contributed by atoms with Crippen LogP contribution in [0.1, 0.15) is 32.1 Å². The average molecular weight is 222 g/mol. The zero-order chi connectivity index (χ0) is 11.4. The molecule has 0 aromatic carbocycles. The fourth-order valence-electron chi connectivity index (χ4n) is 2.92. The van der Waals surface area contributed by atoms with Crippen LogP contribution in [0.5, 0.6) is 0 Å². The van der Waals surface area contributed by atoms with Crippen LogP contribution in [-0.2, 0) is 4.79 Å². The van der Waals surface area contributed by atoms with Crippen molar-refractivity contribution in [2.45, 2.75) is 38.1 Å². The quantitative estimate of drug-likeness (QED) is 0.735. The molecule has 3 heteroatoms. The van der Waals surface area contributed by atoms with Gasteiger partial charge in [0.2, 0.25) is 5.91 Å². The summed E-state index contributed by atoms with van der Waals surface area (Å²) in [5, 5.41) is 3.58. The number of piperidine rings is 1. The summed E-state index contributed by atoms with van der Waals surface area (Å²) in [5.41, 5.74) is 0. The van der Waals surface area contributed by atoms with Crippen molar-refractivity contribution in [3.63, 3.8) is 0 Å². The van der Waals surface area contributed by atoms with E-state index in [0.29, 0.717) is 6.42 Å². The van der Waals surface area contributed by atoms with Crippen molar-refractivity contribution >= 4 is 5.91 Å². The molecule has 1 N–H and O–H groups in total. The molecule has 16 heavy (non-hydrogen) atoms. The molecule has 2 saturated heterocycles. The third-order valence-electron chi connectivity index (χ3n) is 3.88. The van der Waals surface area contributed by atoms with Gasteiger partial charge in [-0.25, -0.2) is 0 Å². The van der Waals surface area contributed by atoms with Crippen LogP contribution in [0.2, 0.25) is 0 Å². The lowest BCUT2D eigenvalue weighted by atomic mass is 9.88. The lowest BCUT2D eigenvalue weighted by molar-refractivity contribution is -0.131. The second-order valence-electron chi connectivity index (χ2n) is 4.91. The van der Waals surface area contributed by atoms with Crippen molar-refractivity contribution < 1.29 is 4.79 Å². The Morgan fingerprint density at radius 3 is 2.69 bits per heavy atom. The largest absolute Gasteiger partial charge is 0.342 e. The van der Waals surface area contributed by atoms with Gasteiger partial charge in [-0.3, -0.25) is 4.79 Å². The Bertz CT molecular complexity index is 251. The monoisotopic (exact) mass is 222 g/mol. The molecule has 2 aliphatic rings. The molecule has 0 aliphatic carbocycles. The molecule has 2 aliphatic heterocycles. The standard InChI is InChI=1S/C13H22N2O/c1-2-4-13(16)15-9-6-11(7-10-15)12-5-3-8-14-12/h2,11-12,14H,1,3-10H2. The summed E-state index contributed by atoms with van der Waals surface area (Å²) in [4.78, 5) is 13.7. The number of carbonyl (C=O) groups excluding carboxylic acids is 1. The van der Waals surface area contributed by atoms with Crippen molar-refractivity contribution in [2.24, 2.45) is 5.92 Å². The molecule has 2 fully saturated rings. The van der Waals surface area contributed by atoms with E-state index >= 15 is 0 Å². The maximum atomic E-state index is 11.7. The summed E-state index contributed by atoms with van der Waals surface area (Å²) in [6, 6.07) is 0.719. The molecule has 1 atom stereocenters. The highest BCUT2D eigenvalue weighted by atomic mass is 16.2. The molecule has 0 aromatic heterocycles. The zero-order valence-electron chi connectivity index (χ0n) is 9.95. The summed E-state index contributed by atoms with van der Waals surface area (Å²) < 4.78 is 0. The first kappa shape index (κ1) is 11.6. The van der Waals surface area contributed by atoms with E-state index in [1.54, 1.807) is 6.08 Å². The van der Waals surface area contributed by atoms with Crippen LogP contribution < -0.4 is 5.32 Å². The third kappa shape index (κ3) is 2.64. The first-order valence-electron chi connectivity index (χ1n) is 6.43. The molecular formula is C13H22N2O. The molecule has 90 valence electrons. The zero-order valence-corrected chi connectivity index (χ0v) is 9.95. The van der Waals surface area contributed by atoms with E-state index in [4.69, 9.17) is 0 Å². The Morgan fingerprint density at radius 1 is 1.38 bits per heavy atom. The third-order valence-corrected chi connectivity index (χ3v) is 3.88. The van der Waals surface area contributed by atoms with Gasteiger partial charge in [-0.1, -0.05) is 6.08 Å². The minimum absolute atomic E-state index is 0.243. The van der Waals surface area contributed by atoms with Crippen LogP contribution >= 0.6 is 0 Å².